The summed E-state index contributed by atoms with van der Waals surface area (Å²) in [4.78, 5) is 11.2. The highest BCUT2D eigenvalue weighted by molar-refractivity contribution is 6.29. The van der Waals surface area contributed by atoms with Crippen LogP contribution in [0.2, 0.25) is 0 Å². The molecule has 1 N–H and O–H groups in total. The zero-order valence-electron chi connectivity index (χ0n) is 9.30. The molecule has 82 valence electrons. The van der Waals surface area contributed by atoms with Crippen molar-refractivity contribution in [1.82, 2.24) is 0 Å². The molecule has 0 saturated carbocycles. The molecule has 1 rings (SSSR count). The summed E-state index contributed by atoms with van der Waals surface area (Å²) in [5.74, 6) is 0.214. The molecule has 0 fully saturated rings. The van der Waals surface area contributed by atoms with Gasteiger partial charge in [-0.05, 0) is 30.0 Å². The zero-order valence-corrected chi connectivity index (χ0v) is 10.1. The minimum atomic E-state index is -0.163. The third-order valence-corrected chi connectivity index (χ3v) is 2.47. The number of alkyl halides is 1. The zero-order chi connectivity index (χ0) is 11.4. The lowest BCUT2D eigenvalue weighted by Gasteiger charge is -2.14. The van der Waals surface area contributed by atoms with Gasteiger partial charge in [0.1, 0.15) is 5.88 Å². The number of rotatable bonds is 3. The molecule has 0 spiro atoms. The summed E-state index contributed by atoms with van der Waals surface area (Å²) in [7, 11) is 0. The number of anilines is 1. The van der Waals surface area contributed by atoms with Crippen LogP contribution >= 0.6 is 11.6 Å². The molecule has 0 aliphatic rings. The summed E-state index contributed by atoms with van der Waals surface area (Å²) in [5.41, 5.74) is 3.14. The molecule has 0 atom stereocenters. The van der Waals surface area contributed by atoms with Crippen molar-refractivity contribution in [1.29, 1.82) is 0 Å². The average Bonchev–Trinajstić information content (AvgIpc) is 2.17. The van der Waals surface area contributed by atoms with Crippen molar-refractivity contribution < 1.29 is 4.79 Å². The summed E-state index contributed by atoms with van der Waals surface area (Å²) in [6.07, 6.45) is 0. The van der Waals surface area contributed by atoms with E-state index in [1.807, 2.05) is 25.1 Å². The van der Waals surface area contributed by atoms with Gasteiger partial charge in [0, 0.05) is 5.69 Å². The minimum absolute atomic E-state index is 0.00846. The van der Waals surface area contributed by atoms with E-state index in [-0.39, 0.29) is 11.8 Å². The lowest BCUT2D eigenvalue weighted by atomic mass is 9.99. The first-order chi connectivity index (χ1) is 7.04. The second-order valence-electron chi connectivity index (χ2n) is 3.93. The Morgan fingerprint density at radius 3 is 2.67 bits per heavy atom. The van der Waals surface area contributed by atoms with Crippen molar-refractivity contribution >= 4 is 23.2 Å². The first-order valence-electron chi connectivity index (χ1n) is 5.01. The van der Waals surface area contributed by atoms with Crippen LogP contribution in [0.4, 0.5) is 5.69 Å². The first-order valence-corrected chi connectivity index (χ1v) is 5.54. The van der Waals surface area contributed by atoms with Crippen LogP contribution in [0.25, 0.3) is 0 Å². The smallest absolute Gasteiger partial charge is 0.239 e. The highest BCUT2D eigenvalue weighted by Crippen LogP contribution is 2.25. The van der Waals surface area contributed by atoms with E-state index in [9.17, 15) is 4.79 Å². The summed E-state index contributed by atoms with van der Waals surface area (Å²) in [6, 6.07) is 6.06. The minimum Gasteiger partial charge on any atom is -0.325 e. The van der Waals surface area contributed by atoms with Gasteiger partial charge >= 0.3 is 0 Å². The number of carbonyl (C=O) groups is 1. The number of aryl methyl sites for hydroxylation is 1. The number of halogens is 1. The molecule has 1 amide bonds. The maximum Gasteiger partial charge on any atom is 0.239 e. The quantitative estimate of drug-likeness (QED) is 0.786. The summed E-state index contributed by atoms with van der Waals surface area (Å²) >= 11 is 5.46. The van der Waals surface area contributed by atoms with Crippen molar-refractivity contribution in [3.8, 4) is 0 Å². The van der Waals surface area contributed by atoms with Crippen molar-refractivity contribution in [2.24, 2.45) is 0 Å². The van der Waals surface area contributed by atoms with Crippen LogP contribution in [0.15, 0.2) is 18.2 Å². The lowest BCUT2D eigenvalue weighted by molar-refractivity contribution is -0.113. The largest absolute Gasteiger partial charge is 0.325 e. The maximum atomic E-state index is 11.2. The average molecular weight is 226 g/mol. The highest BCUT2D eigenvalue weighted by atomic mass is 35.5. The maximum absolute atomic E-state index is 11.2. The van der Waals surface area contributed by atoms with E-state index < -0.39 is 0 Å². The molecule has 0 saturated heterocycles. The van der Waals surface area contributed by atoms with Gasteiger partial charge in [-0.25, -0.2) is 0 Å². The van der Waals surface area contributed by atoms with Crippen LogP contribution in [0.3, 0.4) is 0 Å². The molecule has 0 aliphatic heterocycles. The molecule has 0 aliphatic carbocycles. The summed E-state index contributed by atoms with van der Waals surface area (Å²) in [6.45, 7) is 6.20. The summed E-state index contributed by atoms with van der Waals surface area (Å²) < 4.78 is 0. The Labute approximate surface area is 95.6 Å². The van der Waals surface area contributed by atoms with Gasteiger partial charge in [0.2, 0.25) is 5.91 Å². The van der Waals surface area contributed by atoms with Crippen LogP contribution < -0.4 is 5.32 Å². The van der Waals surface area contributed by atoms with E-state index in [1.54, 1.807) is 0 Å². The van der Waals surface area contributed by atoms with E-state index in [1.165, 1.54) is 0 Å². The molecular weight excluding hydrogens is 210 g/mol. The molecule has 15 heavy (non-hydrogen) atoms. The van der Waals surface area contributed by atoms with Crippen LogP contribution in [0.1, 0.15) is 30.9 Å². The molecule has 0 heterocycles. The number of amides is 1. The van der Waals surface area contributed by atoms with E-state index in [0.29, 0.717) is 5.92 Å². The lowest BCUT2D eigenvalue weighted by Crippen LogP contribution is -2.14. The number of hydrogen-bond donors (Lipinski definition) is 1. The van der Waals surface area contributed by atoms with Gasteiger partial charge in [0.15, 0.2) is 0 Å². The molecule has 3 heteroatoms. The van der Waals surface area contributed by atoms with Crippen molar-refractivity contribution in [2.45, 2.75) is 26.7 Å². The second-order valence-corrected chi connectivity index (χ2v) is 4.19. The van der Waals surface area contributed by atoms with Crippen molar-refractivity contribution in [2.75, 3.05) is 11.2 Å². The van der Waals surface area contributed by atoms with Crippen LogP contribution in [0, 0.1) is 6.92 Å². The molecule has 0 radical (unpaired) electrons. The highest BCUT2D eigenvalue weighted by Gasteiger charge is 2.08. The third-order valence-electron chi connectivity index (χ3n) is 2.23. The molecule has 0 unspecified atom stereocenters. The first kappa shape index (κ1) is 12.1. The second kappa shape index (κ2) is 5.17. The van der Waals surface area contributed by atoms with Gasteiger partial charge in [0.25, 0.3) is 0 Å². The van der Waals surface area contributed by atoms with Crippen molar-refractivity contribution in [3.05, 3.63) is 29.3 Å². The SMILES string of the molecule is Cc1ccc(C(C)C)c(NC(=O)CCl)c1. The molecule has 2 nitrogen and oxygen atoms in total. The van der Waals surface area contributed by atoms with E-state index in [4.69, 9.17) is 11.6 Å². The molecule has 1 aromatic rings. The number of nitrogens with one attached hydrogen (secondary N) is 1. The van der Waals surface area contributed by atoms with Gasteiger partial charge in [-0.15, -0.1) is 11.6 Å². The Morgan fingerprint density at radius 2 is 2.13 bits per heavy atom. The van der Waals surface area contributed by atoms with E-state index in [2.05, 4.69) is 19.2 Å². The molecule has 0 bridgehead atoms. The molecule has 0 aromatic heterocycles. The van der Waals surface area contributed by atoms with Gasteiger partial charge in [-0.3, -0.25) is 4.79 Å². The molecular formula is C12H16ClNO. The molecule has 1 aromatic carbocycles. The van der Waals surface area contributed by atoms with Gasteiger partial charge < -0.3 is 5.32 Å². The Morgan fingerprint density at radius 1 is 1.47 bits per heavy atom. The van der Waals surface area contributed by atoms with Gasteiger partial charge in [0.05, 0.1) is 0 Å². The fourth-order valence-corrected chi connectivity index (χ4v) is 1.53. The summed E-state index contributed by atoms with van der Waals surface area (Å²) in [5, 5.41) is 2.81. The fourth-order valence-electron chi connectivity index (χ4n) is 1.47. The van der Waals surface area contributed by atoms with Crippen molar-refractivity contribution in [3.63, 3.8) is 0 Å². The monoisotopic (exact) mass is 225 g/mol. The van der Waals surface area contributed by atoms with Crippen LogP contribution in [0.5, 0.6) is 0 Å². The van der Waals surface area contributed by atoms with E-state index in [0.717, 1.165) is 16.8 Å². The van der Waals surface area contributed by atoms with Gasteiger partial charge in [-0.1, -0.05) is 26.0 Å². The Hall–Kier alpha value is -1.02. The van der Waals surface area contributed by atoms with Gasteiger partial charge in [-0.2, -0.15) is 0 Å². The normalized spacial score (nSPS) is 10.5. The Kier molecular flexibility index (Phi) is 4.15. The predicted molar refractivity (Wildman–Crippen MR) is 64.6 cm³/mol. The fraction of sp³-hybridized carbons (Fsp3) is 0.417. The van der Waals surface area contributed by atoms with Crippen LogP contribution in [-0.4, -0.2) is 11.8 Å². The third kappa shape index (κ3) is 3.24. The number of hydrogen-bond acceptors (Lipinski definition) is 1. The predicted octanol–water partition coefficient (Wildman–Crippen LogP) is 3.30. The standard InChI is InChI=1S/C12H16ClNO/c1-8(2)10-5-4-9(3)6-11(10)14-12(15)7-13/h4-6,8H,7H2,1-3H3,(H,14,15). The van der Waals surface area contributed by atoms with E-state index >= 15 is 0 Å². The Balaban J connectivity index is 3.02. The number of carbonyl (C=O) groups excluding carboxylic acids is 1. The Bertz CT molecular complexity index is 361. The van der Waals surface area contributed by atoms with Crippen LogP contribution in [-0.2, 0) is 4.79 Å². The topological polar surface area (TPSA) is 29.1 Å². The number of benzene rings is 1.